The van der Waals surface area contributed by atoms with Gasteiger partial charge in [0.1, 0.15) is 0 Å². The van der Waals surface area contributed by atoms with Crippen molar-refractivity contribution in [3.63, 3.8) is 0 Å². The average Bonchev–Trinajstić information content (AvgIpc) is 3.01. The molecule has 2 rings (SSSR count). The number of aliphatic carboxylic acids is 1. The molecule has 92 valence electrons. The summed E-state index contributed by atoms with van der Waals surface area (Å²) in [5.74, 6) is 0.128. The summed E-state index contributed by atoms with van der Waals surface area (Å²) < 4.78 is 0. The van der Waals surface area contributed by atoms with Gasteiger partial charge in [-0.2, -0.15) is 0 Å². The van der Waals surface area contributed by atoms with E-state index in [4.69, 9.17) is 0 Å². The van der Waals surface area contributed by atoms with Gasteiger partial charge in [0.15, 0.2) is 0 Å². The van der Waals surface area contributed by atoms with Gasteiger partial charge in [-0.25, -0.2) is 0 Å². The first-order valence-corrected chi connectivity index (χ1v) is 6.61. The van der Waals surface area contributed by atoms with Crippen LogP contribution in [0.3, 0.4) is 0 Å². The maximum Gasteiger partial charge on any atom is 0.308 e. The van der Waals surface area contributed by atoms with E-state index in [2.05, 4.69) is 11.9 Å². The Morgan fingerprint density at radius 2 is 1.88 bits per heavy atom. The number of carbonyl (C=O) groups is 1. The number of hydrogen-bond acceptors (Lipinski definition) is 2. The van der Waals surface area contributed by atoms with E-state index in [9.17, 15) is 9.90 Å². The van der Waals surface area contributed by atoms with E-state index in [1.807, 2.05) is 0 Å². The van der Waals surface area contributed by atoms with Crippen LogP contribution in [0, 0.1) is 11.8 Å². The summed E-state index contributed by atoms with van der Waals surface area (Å²) in [6.07, 6.45) is 8.12. The Balaban J connectivity index is 1.97. The molecule has 2 atom stereocenters. The van der Waals surface area contributed by atoms with Crippen LogP contribution in [-0.2, 0) is 4.79 Å². The number of carboxylic acid groups (broad SMARTS) is 1. The van der Waals surface area contributed by atoms with E-state index in [1.54, 1.807) is 0 Å². The highest BCUT2D eigenvalue weighted by molar-refractivity contribution is 5.70. The minimum absolute atomic E-state index is 0.133. The van der Waals surface area contributed by atoms with Crippen molar-refractivity contribution in [3.05, 3.63) is 0 Å². The summed E-state index contributed by atoms with van der Waals surface area (Å²) >= 11 is 0. The molecular formula is C13H23NO2. The minimum Gasteiger partial charge on any atom is -0.481 e. The highest BCUT2D eigenvalue weighted by Crippen LogP contribution is 2.33. The van der Waals surface area contributed by atoms with Crippen molar-refractivity contribution in [3.8, 4) is 0 Å². The normalized spacial score (nSPS) is 31.4. The molecular weight excluding hydrogens is 202 g/mol. The van der Waals surface area contributed by atoms with E-state index >= 15 is 0 Å². The Kier molecular flexibility index (Phi) is 3.85. The number of hydrogen-bond donors (Lipinski definition) is 1. The van der Waals surface area contributed by atoms with Crippen LogP contribution < -0.4 is 0 Å². The highest BCUT2D eigenvalue weighted by Gasteiger charge is 2.34. The highest BCUT2D eigenvalue weighted by atomic mass is 16.4. The number of nitrogens with zero attached hydrogens (tertiary/aromatic N) is 1. The molecule has 2 saturated carbocycles. The standard InChI is InChI=1S/C13H23NO2/c1-14(9-10-7-8-10)12-6-4-2-3-5-11(12)13(15)16/h10-12H,2-9H2,1H3,(H,15,16). The lowest BCUT2D eigenvalue weighted by molar-refractivity contribution is -0.144. The molecule has 2 fully saturated rings. The molecule has 0 spiro atoms. The molecule has 3 heteroatoms. The van der Waals surface area contributed by atoms with Crippen molar-refractivity contribution < 1.29 is 9.90 Å². The topological polar surface area (TPSA) is 40.5 Å². The summed E-state index contributed by atoms with van der Waals surface area (Å²) in [4.78, 5) is 13.6. The van der Waals surface area contributed by atoms with Gasteiger partial charge in [0.25, 0.3) is 0 Å². The molecule has 2 aliphatic carbocycles. The predicted octanol–water partition coefficient (Wildman–Crippen LogP) is 2.36. The van der Waals surface area contributed by atoms with Gasteiger partial charge in [0, 0.05) is 12.6 Å². The van der Waals surface area contributed by atoms with E-state index in [0.29, 0.717) is 0 Å². The quantitative estimate of drug-likeness (QED) is 0.747. The maximum atomic E-state index is 11.3. The molecule has 0 radical (unpaired) electrons. The van der Waals surface area contributed by atoms with Gasteiger partial charge in [-0.1, -0.05) is 19.3 Å². The van der Waals surface area contributed by atoms with Crippen molar-refractivity contribution in [2.75, 3.05) is 13.6 Å². The first-order chi connectivity index (χ1) is 7.68. The van der Waals surface area contributed by atoms with Gasteiger partial charge in [-0.3, -0.25) is 4.79 Å². The second kappa shape index (κ2) is 5.17. The van der Waals surface area contributed by atoms with E-state index < -0.39 is 5.97 Å². The Morgan fingerprint density at radius 3 is 2.50 bits per heavy atom. The van der Waals surface area contributed by atoms with Crippen LogP contribution in [-0.4, -0.2) is 35.6 Å². The lowest BCUT2D eigenvalue weighted by Crippen LogP contribution is -2.41. The third kappa shape index (κ3) is 2.97. The molecule has 0 aromatic heterocycles. The van der Waals surface area contributed by atoms with Crippen LogP contribution in [0.25, 0.3) is 0 Å². The summed E-state index contributed by atoms with van der Waals surface area (Å²) in [6, 6.07) is 0.278. The maximum absolute atomic E-state index is 11.3. The van der Waals surface area contributed by atoms with Gasteiger partial charge in [0.2, 0.25) is 0 Å². The zero-order valence-corrected chi connectivity index (χ0v) is 10.2. The zero-order valence-electron chi connectivity index (χ0n) is 10.2. The van der Waals surface area contributed by atoms with Crippen molar-refractivity contribution >= 4 is 5.97 Å². The molecule has 0 aromatic carbocycles. The second-order valence-corrected chi connectivity index (χ2v) is 5.53. The van der Waals surface area contributed by atoms with Crippen LogP contribution in [0.2, 0.25) is 0 Å². The third-order valence-corrected chi connectivity index (χ3v) is 4.11. The van der Waals surface area contributed by atoms with Gasteiger partial charge in [-0.05, 0) is 38.6 Å². The number of rotatable bonds is 4. The van der Waals surface area contributed by atoms with Crippen LogP contribution >= 0.6 is 0 Å². The molecule has 3 nitrogen and oxygen atoms in total. The zero-order chi connectivity index (χ0) is 11.5. The molecule has 2 aliphatic rings. The fraction of sp³-hybridized carbons (Fsp3) is 0.923. The first-order valence-electron chi connectivity index (χ1n) is 6.61. The second-order valence-electron chi connectivity index (χ2n) is 5.53. The van der Waals surface area contributed by atoms with E-state index in [0.717, 1.165) is 31.7 Å². The molecule has 0 bridgehead atoms. The Hall–Kier alpha value is -0.570. The molecule has 2 unspecified atom stereocenters. The molecule has 0 saturated heterocycles. The third-order valence-electron chi connectivity index (χ3n) is 4.11. The molecule has 0 amide bonds. The van der Waals surface area contributed by atoms with Crippen LogP contribution in [0.15, 0.2) is 0 Å². The van der Waals surface area contributed by atoms with Crippen LogP contribution in [0.1, 0.15) is 44.9 Å². The van der Waals surface area contributed by atoms with Gasteiger partial charge >= 0.3 is 5.97 Å². The fourth-order valence-corrected chi connectivity index (χ4v) is 2.95. The SMILES string of the molecule is CN(CC1CC1)C1CCCCCC1C(=O)O. The fourth-order valence-electron chi connectivity index (χ4n) is 2.95. The molecule has 0 aromatic rings. The lowest BCUT2D eigenvalue weighted by Gasteiger charge is -2.31. The Bertz CT molecular complexity index is 250. The van der Waals surface area contributed by atoms with Gasteiger partial charge < -0.3 is 10.0 Å². The first kappa shape index (κ1) is 11.9. The summed E-state index contributed by atoms with van der Waals surface area (Å²) in [5, 5.41) is 9.31. The monoisotopic (exact) mass is 225 g/mol. The van der Waals surface area contributed by atoms with Gasteiger partial charge in [0.05, 0.1) is 5.92 Å². The van der Waals surface area contributed by atoms with Crippen molar-refractivity contribution in [1.29, 1.82) is 0 Å². The van der Waals surface area contributed by atoms with Crippen LogP contribution in [0.4, 0.5) is 0 Å². The average molecular weight is 225 g/mol. The summed E-state index contributed by atoms with van der Waals surface area (Å²) in [6.45, 7) is 1.11. The minimum atomic E-state index is -0.588. The number of carboxylic acids is 1. The van der Waals surface area contributed by atoms with Crippen molar-refractivity contribution in [1.82, 2.24) is 4.90 Å². The Morgan fingerprint density at radius 1 is 1.19 bits per heavy atom. The molecule has 1 N–H and O–H groups in total. The van der Waals surface area contributed by atoms with E-state index in [-0.39, 0.29) is 12.0 Å². The summed E-state index contributed by atoms with van der Waals surface area (Å²) in [5.41, 5.74) is 0. The predicted molar refractivity (Wildman–Crippen MR) is 63.4 cm³/mol. The van der Waals surface area contributed by atoms with E-state index in [1.165, 1.54) is 25.7 Å². The van der Waals surface area contributed by atoms with Gasteiger partial charge in [-0.15, -0.1) is 0 Å². The Labute approximate surface area is 97.8 Å². The smallest absolute Gasteiger partial charge is 0.308 e. The molecule has 0 aliphatic heterocycles. The van der Waals surface area contributed by atoms with Crippen molar-refractivity contribution in [2.45, 2.75) is 51.0 Å². The molecule has 0 heterocycles. The summed E-state index contributed by atoms with van der Waals surface area (Å²) in [7, 11) is 2.12. The largest absolute Gasteiger partial charge is 0.481 e. The van der Waals surface area contributed by atoms with Crippen molar-refractivity contribution in [2.24, 2.45) is 11.8 Å². The van der Waals surface area contributed by atoms with Crippen LogP contribution in [0.5, 0.6) is 0 Å². The lowest BCUT2D eigenvalue weighted by atomic mass is 9.93. The molecule has 16 heavy (non-hydrogen) atoms.